The van der Waals surface area contributed by atoms with Gasteiger partial charge in [-0.05, 0) is 37.1 Å². The Morgan fingerprint density at radius 3 is 3.00 bits per heavy atom. The molecule has 21 heavy (non-hydrogen) atoms. The summed E-state index contributed by atoms with van der Waals surface area (Å²) in [4.78, 5) is 16.2. The largest absolute Gasteiger partial charge is 0.409 e. The minimum atomic E-state index is -0.107. The smallest absolute Gasteiger partial charge is 0.251 e. The summed E-state index contributed by atoms with van der Waals surface area (Å²) in [7, 11) is 0. The lowest BCUT2D eigenvalue weighted by molar-refractivity contribution is 0.0953. The van der Waals surface area contributed by atoms with E-state index < -0.39 is 0 Å². The first-order valence-electron chi connectivity index (χ1n) is 6.80. The molecule has 1 aromatic heterocycles. The summed E-state index contributed by atoms with van der Waals surface area (Å²) in [6, 6.07) is 9.20. The van der Waals surface area contributed by atoms with Gasteiger partial charge in [0.05, 0.1) is 5.52 Å². The second-order valence-electron chi connectivity index (χ2n) is 4.72. The third-order valence-corrected chi connectivity index (χ3v) is 3.14. The number of benzene rings is 1. The number of carbonyl (C=O) groups is 1. The lowest BCUT2D eigenvalue weighted by Gasteiger charge is -2.06. The molecule has 0 atom stereocenters. The average Bonchev–Trinajstić information content (AvgIpc) is 2.53. The van der Waals surface area contributed by atoms with Gasteiger partial charge in [-0.1, -0.05) is 11.2 Å². The van der Waals surface area contributed by atoms with Crippen molar-refractivity contribution in [3.8, 4) is 0 Å². The molecule has 1 heterocycles. The van der Waals surface area contributed by atoms with Crippen molar-refractivity contribution in [2.24, 2.45) is 10.9 Å². The number of rotatable bonds is 6. The first-order valence-corrected chi connectivity index (χ1v) is 6.80. The number of amides is 1. The molecular formula is C15H18N4O2. The fourth-order valence-corrected chi connectivity index (χ4v) is 2.00. The summed E-state index contributed by atoms with van der Waals surface area (Å²) >= 11 is 0. The monoisotopic (exact) mass is 286 g/mol. The van der Waals surface area contributed by atoms with E-state index >= 15 is 0 Å². The average molecular weight is 286 g/mol. The summed E-state index contributed by atoms with van der Waals surface area (Å²) in [5.74, 6) is 0.105. The van der Waals surface area contributed by atoms with Gasteiger partial charge in [0.2, 0.25) is 0 Å². The fourth-order valence-electron chi connectivity index (χ4n) is 2.00. The van der Waals surface area contributed by atoms with Crippen molar-refractivity contribution in [2.45, 2.75) is 19.3 Å². The zero-order valence-corrected chi connectivity index (χ0v) is 11.6. The zero-order valence-electron chi connectivity index (χ0n) is 11.6. The van der Waals surface area contributed by atoms with Crippen LogP contribution in [0.2, 0.25) is 0 Å². The Balaban J connectivity index is 1.84. The normalized spacial score (nSPS) is 11.5. The Hall–Kier alpha value is -2.63. The van der Waals surface area contributed by atoms with Crippen LogP contribution in [-0.4, -0.2) is 28.5 Å². The standard InChI is InChI=1S/C15H18N4O2/c16-14(19-21)5-1-2-8-18-15(20)12-6-7-13-11(10-12)4-3-9-17-13/h3-4,6-7,9-10,21H,1-2,5,8H2,(H2,16,19)(H,18,20). The topological polar surface area (TPSA) is 101 Å². The second kappa shape index (κ2) is 7.23. The van der Waals surface area contributed by atoms with Gasteiger partial charge in [0.25, 0.3) is 5.91 Å². The third-order valence-electron chi connectivity index (χ3n) is 3.14. The number of amidine groups is 1. The lowest BCUT2D eigenvalue weighted by atomic mass is 10.1. The van der Waals surface area contributed by atoms with Gasteiger partial charge in [-0.3, -0.25) is 9.78 Å². The highest BCUT2D eigenvalue weighted by atomic mass is 16.4. The molecule has 0 aliphatic rings. The molecule has 2 rings (SSSR count). The Bertz CT molecular complexity index is 655. The Kier molecular flexibility index (Phi) is 5.09. The first-order chi connectivity index (χ1) is 10.2. The number of nitrogens with two attached hydrogens (primary N) is 1. The maximum absolute atomic E-state index is 12.0. The van der Waals surface area contributed by atoms with Crippen LogP contribution in [0.1, 0.15) is 29.6 Å². The highest BCUT2D eigenvalue weighted by molar-refractivity contribution is 5.97. The fraction of sp³-hybridized carbons (Fsp3) is 0.267. The highest BCUT2D eigenvalue weighted by Crippen LogP contribution is 2.13. The number of aromatic nitrogens is 1. The van der Waals surface area contributed by atoms with E-state index in [1.54, 1.807) is 12.3 Å². The molecule has 0 aliphatic carbocycles. The number of fused-ring (bicyclic) bond motifs is 1. The van der Waals surface area contributed by atoms with Gasteiger partial charge in [-0.2, -0.15) is 0 Å². The summed E-state index contributed by atoms with van der Waals surface area (Å²) in [6.07, 6.45) is 3.78. The second-order valence-corrected chi connectivity index (χ2v) is 4.72. The third kappa shape index (κ3) is 4.17. The van der Waals surface area contributed by atoms with E-state index in [-0.39, 0.29) is 11.7 Å². The van der Waals surface area contributed by atoms with Crippen LogP contribution in [0.3, 0.4) is 0 Å². The number of nitrogens with zero attached hydrogens (tertiary/aromatic N) is 2. The molecule has 6 heteroatoms. The van der Waals surface area contributed by atoms with Crippen LogP contribution in [0.25, 0.3) is 10.9 Å². The van der Waals surface area contributed by atoms with Crippen LogP contribution in [0.4, 0.5) is 0 Å². The molecular weight excluding hydrogens is 268 g/mol. The molecule has 6 nitrogen and oxygen atoms in total. The lowest BCUT2D eigenvalue weighted by Crippen LogP contribution is -2.24. The van der Waals surface area contributed by atoms with Crippen LogP contribution >= 0.6 is 0 Å². The summed E-state index contributed by atoms with van der Waals surface area (Å²) in [6.45, 7) is 0.558. The van der Waals surface area contributed by atoms with Crippen LogP contribution < -0.4 is 11.1 Å². The van der Waals surface area contributed by atoms with E-state index in [9.17, 15) is 4.79 Å². The molecule has 110 valence electrons. The minimum Gasteiger partial charge on any atom is -0.409 e. The quantitative estimate of drug-likeness (QED) is 0.248. The number of oxime groups is 1. The van der Waals surface area contributed by atoms with Crippen LogP contribution in [0, 0.1) is 0 Å². The molecule has 1 aromatic carbocycles. The molecule has 0 saturated carbocycles. The van der Waals surface area contributed by atoms with Crippen molar-refractivity contribution >= 4 is 22.6 Å². The predicted octanol–water partition coefficient (Wildman–Crippen LogP) is 1.88. The Labute approximate surface area is 122 Å². The Morgan fingerprint density at radius 2 is 2.19 bits per heavy atom. The maximum atomic E-state index is 12.0. The van der Waals surface area contributed by atoms with Crippen LogP contribution in [-0.2, 0) is 0 Å². The molecule has 0 saturated heterocycles. The van der Waals surface area contributed by atoms with Gasteiger partial charge in [-0.25, -0.2) is 0 Å². The van der Waals surface area contributed by atoms with Gasteiger partial charge >= 0.3 is 0 Å². The zero-order chi connectivity index (χ0) is 15.1. The van der Waals surface area contributed by atoms with Crippen molar-refractivity contribution in [2.75, 3.05) is 6.54 Å². The predicted molar refractivity (Wildman–Crippen MR) is 81.3 cm³/mol. The number of carbonyl (C=O) groups excluding carboxylic acids is 1. The van der Waals surface area contributed by atoms with Crippen LogP contribution in [0.15, 0.2) is 41.7 Å². The van der Waals surface area contributed by atoms with Crippen molar-refractivity contribution in [3.05, 3.63) is 42.1 Å². The molecule has 4 N–H and O–H groups in total. The van der Waals surface area contributed by atoms with E-state index in [2.05, 4.69) is 15.5 Å². The molecule has 2 aromatic rings. The van der Waals surface area contributed by atoms with E-state index in [4.69, 9.17) is 10.9 Å². The minimum absolute atomic E-state index is 0.107. The highest BCUT2D eigenvalue weighted by Gasteiger charge is 2.06. The van der Waals surface area contributed by atoms with Crippen LogP contribution in [0.5, 0.6) is 0 Å². The summed E-state index contributed by atoms with van der Waals surface area (Å²) < 4.78 is 0. The molecule has 0 radical (unpaired) electrons. The van der Waals surface area contributed by atoms with Gasteiger partial charge < -0.3 is 16.3 Å². The first kappa shape index (κ1) is 14.8. The number of pyridine rings is 1. The molecule has 0 unspecified atom stereocenters. The van der Waals surface area contributed by atoms with Gasteiger partial charge in [0.1, 0.15) is 5.84 Å². The van der Waals surface area contributed by atoms with Crippen molar-refractivity contribution in [1.29, 1.82) is 0 Å². The molecule has 0 fully saturated rings. The summed E-state index contributed by atoms with van der Waals surface area (Å²) in [5, 5.41) is 15.1. The summed E-state index contributed by atoms with van der Waals surface area (Å²) in [5.41, 5.74) is 6.85. The van der Waals surface area contributed by atoms with E-state index in [1.165, 1.54) is 0 Å². The number of hydrogen-bond donors (Lipinski definition) is 3. The molecule has 0 bridgehead atoms. The number of hydrogen-bond acceptors (Lipinski definition) is 4. The molecule has 0 spiro atoms. The maximum Gasteiger partial charge on any atom is 0.251 e. The number of unbranched alkanes of at least 4 members (excludes halogenated alkanes) is 1. The molecule has 1 amide bonds. The number of nitrogens with one attached hydrogen (secondary N) is 1. The van der Waals surface area contributed by atoms with E-state index in [0.29, 0.717) is 18.5 Å². The van der Waals surface area contributed by atoms with Gasteiger partial charge in [0.15, 0.2) is 0 Å². The SMILES string of the molecule is NC(CCCCNC(=O)c1ccc2ncccc2c1)=NO. The molecule has 0 aliphatic heterocycles. The van der Waals surface area contributed by atoms with E-state index in [1.807, 2.05) is 24.3 Å². The van der Waals surface area contributed by atoms with Crippen molar-refractivity contribution in [1.82, 2.24) is 10.3 Å². The Morgan fingerprint density at radius 1 is 1.33 bits per heavy atom. The van der Waals surface area contributed by atoms with Gasteiger partial charge in [-0.15, -0.1) is 0 Å². The van der Waals surface area contributed by atoms with Crippen molar-refractivity contribution < 1.29 is 10.0 Å². The van der Waals surface area contributed by atoms with E-state index in [0.717, 1.165) is 23.7 Å². The van der Waals surface area contributed by atoms with Crippen molar-refractivity contribution in [3.63, 3.8) is 0 Å². The van der Waals surface area contributed by atoms with Gasteiger partial charge in [0, 0.05) is 30.1 Å².